The number of non-ortho nitro benzene ring substituents is 1. The molecule has 3 N–H and O–H groups in total. The van der Waals surface area contributed by atoms with E-state index in [9.17, 15) is 25.1 Å². The summed E-state index contributed by atoms with van der Waals surface area (Å²) in [6, 6.07) is 4.49. The van der Waals surface area contributed by atoms with E-state index in [4.69, 9.17) is 10.4 Å². The molecule has 0 heterocycles. The summed E-state index contributed by atoms with van der Waals surface area (Å²) in [5.41, 5.74) is -1.11. The summed E-state index contributed by atoms with van der Waals surface area (Å²) in [5, 5.41) is 47.1. The second-order valence-electron chi connectivity index (χ2n) is 3.71. The molecule has 100 valence electrons. The van der Waals surface area contributed by atoms with Gasteiger partial charge >= 0.3 is 5.97 Å². The monoisotopic (exact) mass is 266 g/mol. The van der Waals surface area contributed by atoms with Crippen molar-refractivity contribution >= 4 is 11.7 Å². The van der Waals surface area contributed by atoms with Crippen molar-refractivity contribution in [3.63, 3.8) is 0 Å². The van der Waals surface area contributed by atoms with Gasteiger partial charge in [0.1, 0.15) is 6.10 Å². The Morgan fingerprint density at radius 1 is 1.47 bits per heavy atom. The van der Waals surface area contributed by atoms with E-state index in [1.807, 2.05) is 0 Å². The van der Waals surface area contributed by atoms with Crippen LogP contribution in [0.1, 0.15) is 28.4 Å². The molecule has 0 fully saturated rings. The lowest BCUT2D eigenvalue weighted by molar-refractivity contribution is -0.384. The molecule has 0 aromatic heterocycles. The van der Waals surface area contributed by atoms with E-state index in [-0.39, 0.29) is 5.56 Å². The van der Waals surface area contributed by atoms with Gasteiger partial charge in [-0.1, -0.05) is 0 Å². The molecule has 0 aliphatic rings. The van der Waals surface area contributed by atoms with Gasteiger partial charge in [0.15, 0.2) is 0 Å². The van der Waals surface area contributed by atoms with Crippen molar-refractivity contribution in [2.24, 2.45) is 0 Å². The largest absolute Gasteiger partial charge is 0.478 e. The lowest BCUT2D eigenvalue weighted by Gasteiger charge is -2.17. The first-order valence-corrected chi connectivity index (χ1v) is 5.13. The molecular weight excluding hydrogens is 256 g/mol. The van der Waals surface area contributed by atoms with Gasteiger partial charge in [-0.2, -0.15) is 5.26 Å². The van der Waals surface area contributed by atoms with E-state index in [1.165, 1.54) is 0 Å². The molecule has 1 rings (SSSR count). The Bertz CT molecular complexity index is 551. The SMILES string of the molecule is N#CCC(O)C(O)c1ccc([N+](=O)[O-])cc1C(=O)O. The number of aliphatic hydroxyl groups excluding tert-OH is 2. The molecule has 0 aliphatic carbocycles. The van der Waals surface area contributed by atoms with Gasteiger partial charge in [0.05, 0.1) is 29.1 Å². The van der Waals surface area contributed by atoms with Gasteiger partial charge < -0.3 is 15.3 Å². The Balaban J connectivity index is 3.24. The summed E-state index contributed by atoms with van der Waals surface area (Å²) < 4.78 is 0. The van der Waals surface area contributed by atoms with Crippen LogP contribution < -0.4 is 0 Å². The predicted octanol–water partition coefficient (Wildman–Crippen LogP) is 0.601. The lowest BCUT2D eigenvalue weighted by atomic mass is 9.97. The minimum absolute atomic E-state index is 0.180. The molecule has 0 spiro atoms. The van der Waals surface area contributed by atoms with E-state index in [2.05, 4.69) is 0 Å². The van der Waals surface area contributed by atoms with Crippen LogP contribution in [0.15, 0.2) is 18.2 Å². The average molecular weight is 266 g/mol. The molecule has 0 amide bonds. The van der Waals surface area contributed by atoms with Gasteiger partial charge in [-0.3, -0.25) is 10.1 Å². The number of hydrogen-bond acceptors (Lipinski definition) is 6. The third kappa shape index (κ3) is 3.25. The lowest BCUT2D eigenvalue weighted by Crippen LogP contribution is -2.20. The molecule has 0 bridgehead atoms. The maximum Gasteiger partial charge on any atom is 0.336 e. The Hall–Kier alpha value is -2.50. The Morgan fingerprint density at radius 2 is 2.11 bits per heavy atom. The summed E-state index contributed by atoms with van der Waals surface area (Å²) in [4.78, 5) is 20.8. The molecule has 8 heteroatoms. The standard InChI is InChI=1S/C11H10N2O6/c12-4-3-9(14)10(15)7-2-1-6(13(18)19)5-8(7)11(16)17/h1-2,5,9-10,14-15H,3H2,(H,16,17). The minimum Gasteiger partial charge on any atom is -0.478 e. The molecule has 0 aliphatic heterocycles. The summed E-state index contributed by atoms with van der Waals surface area (Å²) in [6.45, 7) is 0. The molecule has 2 unspecified atom stereocenters. The Kier molecular flexibility index (Phi) is 4.52. The second-order valence-corrected chi connectivity index (χ2v) is 3.71. The number of nitrogens with zero attached hydrogens (tertiary/aromatic N) is 2. The van der Waals surface area contributed by atoms with Crippen molar-refractivity contribution < 1.29 is 25.0 Å². The summed E-state index contributed by atoms with van der Waals surface area (Å²) in [6.07, 6.45) is -3.46. The van der Waals surface area contributed by atoms with E-state index >= 15 is 0 Å². The number of aliphatic hydroxyl groups is 2. The van der Waals surface area contributed by atoms with Gasteiger partial charge in [0, 0.05) is 12.1 Å². The van der Waals surface area contributed by atoms with Crippen LogP contribution in [0.3, 0.4) is 0 Å². The van der Waals surface area contributed by atoms with E-state index < -0.39 is 40.8 Å². The molecule has 1 aromatic rings. The molecule has 0 saturated heterocycles. The topological polar surface area (TPSA) is 145 Å². The van der Waals surface area contributed by atoms with Crippen LogP contribution in [0.2, 0.25) is 0 Å². The van der Waals surface area contributed by atoms with Gasteiger partial charge in [-0.25, -0.2) is 4.79 Å². The van der Waals surface area contributed by atoms with E-state index in [0.717, 1.165) is 18.2 Å². The van der Waals surface area contributed by atoms with Crippen LogP contribution >= 0.6 is 0 Å². The highest BCUT2D eigenvalue weighted by atomic mass is 16.6. The van der Waals surface area contributed by atoms with Crippen molar-refractivity contribution in [3.8, 4) is 6.07 Å². The molecule has 2 atom stereocenters. The van der Waals surface area contributed by atoms with Crippen LogP contribution in [0.25, 0.3) is 0 Å². The van der Waals surface area contributed by atoms with Crippen molar-refractivity contribution in [2.45, 2.75) is 18.6 Å². The average Bonchev–Trinajstić information content (AvgIpc) is 2.37. The predicted molar refractivity (Wildman–Crippen MR) is 61.3 cm³/mol. The van der Waals surface area contributed by atoms with Crippen LogP contribution in [-0.4, -0.2) is 32.3 Å². The number of hydrogen-bond donors (Lipinski definition) is 3. The first-order chi connectivity index (χ1) is 8.88. The fourth-order valence-electron chi connectivity index (χ4n) is 1.51. The first kappa shape index (κ1) is 14.6. The molecular formula is C11H10N2O6. The quantitative estimate of drug-likeness (QED) is 0.522. The minimum atomic E-state index is -1.61. The smallest absolute Gasteiger partial charge is 0.336 e. The number of carboxylic acid groups (broad SMARTS) is 1. The van der Waals surface area contributed by atoms with Crippen LogP contribution in [0.5, 0.6) is 0 Å². The summed E-state index contributed by atoms with van der Waals surface area (Å²) in [7, 11) is 0. The number of carboxylic acids is 1. The molecule has 0 saturated carbocycles. The normalized spacial score (nSPS) is 13.3. The zero-order valence-corrected chi connectivity index (χ0v) is 9.55. The van der Waals surface area contributed by atoms with Crippen molar-refractivity contribution in [2.75, 3.05) is 0 Å². The fourth-order valence-corrected chi connectivity index (χ4v) is 1.51. The van der Waals surface area contributed by atoms with Gasteiger partial charge in [-0.15, -0.1) is 0 Å². The van der Waals surface area contributed by atoms with Crippen molar-refractivity contribution in [1.29, 1.82) is 5.26 Å². The highest BCUT2D eigenvalue weighted by Gasteiger charge is 2.25. The van der Waals surface area contributed by atoms with E-state index in [1.54, 1.807) is 6.07 Å². The molecule has 8 nitrogen and oxygen atoms in total. The second kappa shape index (κ2) is 5.90. The van der Waals surface area contributed by atoms with Gasteiger partial charge in [0.2, 0.25) is 0 Å². The van der Waals surface area contributed by atoms with Gasteiger partial charge in [0.25, 0.3) is 5.69 Å². The van der Waals surface area contributed by atoms with Gasteiger partial charge in [-0.05, 0) is 11.6 Å². The first-order valence-electron chi connectivity index (χ1n) is 5.13. The zero-order chi connectivity index (χ0) is 14.6. The highest BCUT2D eigenvalue weighted by Crippen LogP contribution is 2.26. The number of carbonyl (C=O) groups is 1. The van der Waals surface area contributed by atoms with E-state index in [0.29, 0.717) is 0 Å². The third-order valence-corrected chi connectivity index (χ3v) is 2.46. The van der Waals surface area contributed by atoms with Crippen LogP contribution in [0.4, 0.5) is 5.69 Å². The number of benzene rings is 1. The highest BCUT2D eigenvalue weighted by molar-refractivity contribution is 5.90. The number of nitriles is 1. The maximum atomic E-state index is 11.0. The number of aromatic carboxylic acids is 1. The Morgan fingerprint density at radius 3 is 2.58 bits per heavy atom. The summed E-state index contributed by atoms with van der Waals surface area (Å²) >= 11 is 0. The van der Waals surface area contributed by atoms with Crippen LogP contribution in [-0.2, 0) is 0 Å². The zero-order valence-electron chi connectivity index (χ0n) is 9.55. The third-order valence-electron chi connectivity index (χ3n) is 2.46. The maximum absolute atomic E-state index is 11.0. The van der Waals surface area contributed by atoms with Crippen LogP contribution in [0, 0.1) is 21.4 Å². The fraction of sp³-hybridized carbons (Fsp3) is 0.273. The molecule has 0 radical (unpaired) electrons. The molecule has 19 heavy (non-hydrogen) atoms. The van der Waals surface area contributed by atoms with Crippen molar-refractivity contribution in [1.82, 2.24) is 0 Å². The molecule has 1 aromatic carbocycles. The number of nitro groups is 1. The summed E-state index contributed by atoms with van der Waals surface area (Å²) in [5.74, 6) is -1.47. The van der Waals surface area contributed by atoms with Crippen molar-refractivity contribution in [3.05, 3.63) is 39.4 Å². The number of nitro benzene ring substituents is 1. The Labute approximate surface area is 107 Å². The number of rotatable bonds is 5.